The second kappa shape index (κ2) is 16.8. The number of benzene rings is 12. The van der Waals surface area contributed by atoms with Crippen LogP contribution < -0.4 is 31.1 Å². The molecule has 7 heteroatoms. The molecule has 6 nitrogen and oxygen atoms in total. The average Bonchev–Trinajstić information content (AvgIpc) is 2.88. The highest BCUT2D eigenvalue weighted by Crippen LogP contribution is 2.53. The van der Waals surface area contributed by atoms with E-state index in [0.29, 0.717) is 0 Å². The minimum absolute atomic E-state index is 0.156. The van der Waals surface area contributed by atoms with Gasteiger partial charge in [-0.3, -0.25) is 0 Å². The fourth-order valence-electron chi connectivity index (χ4n) is 14.6. The lowest BCUT2D eigenvalue weighted by molar-refractivity contribution is 1.13. The number of rotatable bonds is 6. The molecular weight excluding hydrogens is 996 g/mol. The highest BCUT2D eigenvalue weighted by molar-refractivity contribution is 7.02. The number of hydrogen-bond acceptors (Lipinski definition) is 3. The van der Waals surface area contributed by atoms with Gasteiger partial charge in [0.05, 0.1) is 50.2 Å². The standard InChI is InChI=1S/C75H51BN6/c1-46-28-34-49(35-29-46)77-67-40-52(80-61-22-10-4-16-55(61)56-17-5-11-23-62(56)80)42-69-73(67)76-74-68(77)41-53(81-63-24-12-6-18-57(63)58-19-7-13-25-64(58)81)43-70(74)79(51-38-32-48(3)33-39-51)72-45-54(44-71(75(72)76)78(69)50-36-30-47(2)31-37-50)82-65-26-14-8-20-59(65)60-21-9-15-27-66(60)82/h4-45H,1-3H3. The summed E-state index contributed by atoms with van der Waals surface area (Å²) in [4.78, 5) is 7.81. The predicted molar refractivity (Wildman–Crippen MR) is 346 cm³/mol. The Morgan fingerprint density at radius 2 is 0.415 bits per heavy atom. The molecule has 0 unspecified atom stereocenters. The molecule has 3 aromatic heterocycles. The van der Waals surface area contributed by atoms with Gasteiger partial charge in [0.1, 0.15) is 0 Å². The fraction of sp³-hybridized carbons (Fsp3) is 0.0400. The number of para-hydroxylation sites is 6. The molecule has 3 aliphatic heterocycles. The van der Waals surface area contributed by atoms with Crippen LogP contribution in [0.1, 0.15) is 16.7 Å². The van der Waals surface area contributed by atoms with E-state index in [9.17, 15) is 0 Å². The van der Waals surface area contributed by atoms with Crippen molar-refractivity contribution in [1.82, 2.24) is 13.7 Å². The van der Waals surface area contributed by atoms with Crippen LogP contribution in [0.3, 0.4) is 0 Å². The number of aryl methyl sites for hydroxylation is 3. The van der Waals surface area contributed by atoms with E-state index in [0.717, 1.165) is 68.2 Å². The Morgan fingerprint density at radius 1 is 0.220 bits per heavy atom. The van der Waals surface area contributed by atoms with Crippen molar-refractivity contribution in [3.8, 4) is 17.1 Å². The molecule has 82 heavy (non-hydrogen) atoms. The SMILES string of the molecule is Cc1ccc(N2c3cc(-n4c5ccccc5c5ccccc54)cc4c3B3c5c2cc(-n2c6ccccc6c6ccccc62)cc5N(c2ccc(C)cc2)c2cc(-n5c6ccccc6c6ccccc65)cc(c23)N4c2ccc(C)cc2)cc1. The molecule has 0 amide bonds. The zero-order chi connectivity index (χ0) is 54.1. The molecule has 0 spiro atoms. The van der Waals surface area contributed by atoms with Crippen LogP contribution in [0.15, 0.2) is 255 Å². The predicted octanol–water partition coefficient (Wildman–Crippen LogP) is 17.8. The van der Waals surface area contributed by atoms with Gasteiger partial charge < -0.3 is 28.4 Å². The second-order valence-corrected chi connectivity index (χ2v) is 22.7. The Labute approximate surface area is 474 Å². The molecule has 3 aliphatic rings. The van der Waals surface area contributed by atoms with Gasteiger partial charge >= 0.3 is 0 Å². The van der Waals surface area contributed by atoms with Crippen LogP contribution in [0.5, 0.6) is 0 Å². The summed E-state index contributed by atoms with van der Waals surface area (Å²) in [5, 5.41) is 7.39. The molecule has 0 aliphatic carbocycles. The minimum Gasteiger partial charge on any atom is -0.311 e. The van der Waals surface area contributed by atoms with Crippen molar-refractivity contribution in [2.45, 2.75) is 20.8 Å². The summed E-state index contributed by atoms with van der Waals surface area (Å²) >= 11 is 0. The Morgan fingerprint density at radius 3 is 0.622 bits per heavy atom. The first-order chi connectivity index (χ1) is 40.4. The highest BCUT2D eigenvalue weighted by Gasteiger charge is 2.50. The van der Waals surface area contributed by atoms with E-state index in [1.54, 1.807) is 0 Å². The summed E-state index contributed by atoms with van der Waals surface area (Å²) in [6.07, 6.45) is 0. The molecule has 0 radical (unpaired) electrons. The molecule has 0 atom stereocenters. The summed E-state index contributed by atoms with van der Waals surface area (Å²) < 4.78 is 7.52. The van der Waals surface area contributed by atoms with Crippen LogP contribution in [-0.2, 0) is 0 Å². The average molecular weight is 1050 g/mol. The highest BCUT2D eigenvalue weighted by atomic mass is 15.2. The lowest BCUT2D eigenvalue weighted by Gasteiger charge is -2.49. The van der Waals surface area contributed by atoms with E-state index >= 15 is 0 Å². The van der Waals surface area contributed by atoms with Gasteiger partial charge in [0, 0.05) is 83.5 Å². The van der Waals surface area contributed by atoms with Crippen LogP contribution in [0.4, 0.5) is 51.2 Å². The largest absolute Gasteiger partial charge is 0.311 e. The molecule has 0 saturated carbocycles. The van der Waals surface area contributed by atoms with Crippen LogP contribution in [-0.4, -0.2) is 20.4 Å². The normalized spacial score (nSPS) is 13.2. The van der Waals surface area contributed by atoms with E-state index in [4.69, 9.17) is 0 Å². The topological polar surface area (TPSA) is 24.5 Å². The molecule has 18 rings (SSSR count). The molecule has 15 aromatic rings. The Bertz CT molecular complexity index is 4460. The van der Waals surface area contributed by atoms with Gasteiger partial charge in [-0.05, 0) is 146 Å². The van der Waals surface area contributed by atoms with Crippen molar-refractivity contribution < 1.29 is 0 Å². The maximum absolute atomic E-state index is 2.60. The van der Waals surface area contributed by atoms with E-state index in [2.05, 4.69) is 304 Å². The third-order valence-electron chi connectivity index (χ3n) is 18.1. The summed E-state index contributed by atoms with van der Waals surface area (Å²) in [5.74, 6) is 0. The molecule has 0 N–H and O–H groups in total. The van der Waals surface area contributed by atoms with Gasteiger partial charge in [0.2, 0.25) is 0 Å². The first-order valence-electron chi connectivity index (χ1n) is 28.5. The van der Waals surface area contributed by atoms with Crippen molar-refractivity contribution in [1.29, 1.82) is 0 Å². The second-order valence-electron chi connectivity index (χ2n) is 22.7. The van der Waals surface area contributed by atoms with Gasteiger partial charge in [0.15, 0.2) is 0 Å². The van der Waals surface area contributed by atoms with Gasteiger partial charge in [-0.1, -0.05) is 162 Å². The van der Waals surface area contributed by atoms with Crippen molar-refractivity contribution in [3.05, 3.63) is 271 Å². The summed E-state index contributed by atoms with van der Waals surface area (Å²) in [7, 11) is 0. The number of fused-ring (bicyclic) bond motifs is 9. The van der Waals surface area contributed by atoms with Crippen molar-refractivity contribution >= 4 is 140 Å². The molecular formula is C75H51BN6. The van der Waals surface area contributed by atoms with E-state index in [-0.39, 0.29) is 6.71 Å². The molecule has 384 valence electrons. The van der Waals surface area contributed by atoms with E-state index < -0.39 is 0 Å². The van der Waals surface area contributed by atoms with Crippen LogP contribution in [0, 0.1) is 20.8 Å². The maximum Gasteiger partial charge on any atom is 0.257 e. The number of anilines is 9. The number of aromatic nitrogens is 3. The van der Waals surface area contributed by atoms with E-state index in [1.165, 1.54) is 98.5 Å². The summed E-state index contributed by atoms with van der Waals surface area (Å²) in [5.41, 5.74) is 28.1. The Hall–Kier alpha value is -10.5. The lowest BCUT2D eigenvalue weighted by Crippen LogP contribution is -2.65. The third-order valence-corrected chi connectivity index (χ3v) is 18.1. The zero-order valence-corrected chi connectivity index (χ0v) is 45.5. The zero-order valence-electron chi connectivity index (χ0n) is 45.5. The molecule has 0 saturated heterocycles. The number of nitrogens with zero attached hydrogens (tertiary/aromatic N) is 6. The van der Waals surface area contributed by atoms with E-state index in [1.807, 2.05) is 0 Å². The maximum atomic E-state index is 2.60. The van der Waals surface area contributed by atoms with Crippen LogP contribution in [0.2, 0.25) is 0 Å². The first-order valence-corrected chi connectivity index (χ1v) is 28.5. The molecule has 0 bridgehead atoms. The first kappa shape index (κ1) is 45.4. The monoisotopic (exact) mass is 1050 g/mol. The van der Waals surface area contributed by atoms with Crippen molar-refractivity contribution in [2.24, 2.45) is 0 Å². The third kappa shape index (κ3) is 6.19. The fourth-order valence-corrected chi connectivity index (χ4v) is 14.6. The van der Waals surface area contributed by atoms with Gasteiger partial charge in [-0.15, -0.1) is 0 Å². The quantitative estimate of drug-likeness (QED) is 0.155. The van der Waals surface area contributed by atoms with Crippen molar-refractivity contribution in [2.75, 3.05) is 14.7 Å². The molecule has 6 heterocycles. The number of hydrogen-bond donors (Lipinski definition) is 0. The van der Waals surface area contributed by atoms with Gasteiger partial charge in [-0.2, -0.15) is 0 Å². The minimum atomic E-state index is -0.156. The summed E-state index contributed by atoms with van der Waals surface area (Å²) in [6.45, 7) is 6.42. The molecule has 0 fully saturated rings. The lowest BCUT2D eigenvalue weighted by atomic mass is 9.31. The van der Waals surface area contributed by atoms with Gasteiger partial charge in [-0.25, -0.2) is 0 Å². The molecule has 12 aromatic carbocycles. The Kier molecular flexibility index (Phi) is 9.28. The van der Waals surface area contributed by atoms with Crippen molar-refractivity contribution in [3.63, 3.8) is 0 Å². The van der Waals surface area contributed by atoms with Crippen LogP contribution in [0.25, 0.3) is 82.5 Å². The summed E-state index contributed by atoms with van der Waals surface area (Å²) in [6, 6.07) is 96.1. The smallest absolute Gasteiger partial charge is 0.257 e. The Balaban J connectivity index is 1.05. The van der Waals surface area contributed by atoms with Gasteiger partial charge in [0.25, 0.3) is 6.71 Å². The van der Waals surface area contributed by atoms with Crippen LogP contribution >= 0.6 is 0 Å².